The van der Waals surface area contributed by atoms with Crippen LogP contribution in [-0.4, -0.2) is 5.54 Å². The largest absolute Gasteiger partial charge is 0.488 e. The number of benzene rings is 2. The van der Waals surface area contributed by atoms with E-state index in [9.17, 15) is 4.39 Å². The minimum Gasteiger partial charge on any atom is -0.488 e. The zero-order valence-electron chi connectivity index (χ0n) is 18.3. The second-order valence-electron chi connectivity index (χ2n) is 10.9. The van der Waals surface area contributed by atoms with E-state index in [-0.39, 0.29) is 30.4 Å². The number of rotatable bonds is 6. The lowest BCUT2D eigenvalue weighted by Crippen LogP contribution is -2.63. The van der Waals surface area contributed by atoms with Gasteiger partial charge in [-0.25, -0.2) is 4.39 Å². The van der Waals surface area contributed by atoms with E-state index in [2.05, 4.69) is 19.2 Å². The molecular formula is C26H32Cl2FNO. The van der Waals surface area contributed by atoms with Gasteiger partial charge in [0.2, 0.25) is 0 Å². The molecule has 2 nitrogen and oxygen atoms in total. The van der Waals surface area contributed by atoms with Crippen LogP contribution in [0.5, 0.6) is 5.75 Å². The summed E-state index contributed by atoms with van der Waals surface area (Å²) in [4.78, 5) is 0. The summed E-state index contributed by atoms with van der Waals surface area (Å²) in [5.41, 5.74) is 2.77. The van der Waals surface area contributed by atoms with Crippen molar-refractivity contribution in [3.63, 3.8) is 0 Å². The molecule has 31 heavy (non-hydrogen) atoms. The highest BCUT2D eigenvalue weighted by Crippen LogP contribution is 2.66. The third kappa shape index (κ3) is 4.60. The lowest BCUT2D eigenvalue weighted by molar-refractivity contribution is -0.118. The Bertz CT molecular complexity index is 946. The van der Waals surface area contributed by atoms with Crippen molar-refractivity contribution in [3.8, 4) is 5.75 Å². The van der Waals surface area contributed by atoms with Crippen LogP contribution in [0.2, 0.25) is 5.02 Å². The molecule has 2 aromatic carbocycles. The van der Waals surface area contributed by atoms with E-state index in [1.807, 2.05) is 24.3 Å². The summed E-state index contributed by atoms with van der Waals surface area (Å²) in [6.45, 7) is 5.93. The zero-order valence-corrected chi connectivity index (χ0v) is 19.9. The summed E-state index contributed by atoms with van der Waals surface area (Å²) in [5.74, 6) is 1.39. The summed E-state index contributed by atoms with van der Waals surface area (Å²) in [7, 11) is 0. The van der Waals surface area contributed by atoms with Crippen LogP contribution in [0, 0.1) is 22.6 Å². The topological polar surface area (TPSA) is 21.3 Å². The molecule has 5 heteroatoms. The van der Waals surface area contributed by atoms with Crippen molar-refractivity contribution in [2.45, 2.75) is 71.1 Å². The van der Waals surface area contributed by atoms with Gasteiger partial charge in [-0.3, -0.25) is 0 Å². The van der Waals surface area contributed by atoms with Crippen molar-refractivity contribution < 1.29 is 9.13 Å². The minimum atomic E-state index is -0.235. The van der Waals surface area contributed by atoms with Gasteiger partial charge in [-0.05, 0) is 79.5 Å². The van der Waals surface area contributed by atoms with Gasteiger partial charge in [0.15, 0.2) is 0 Å². The van der Waals surface area contributed by atoms with E-state index >= 15 is 0 Å². The third-order valence-electron chi connectivity index (χ3n) is 7.64. The van der Waals surface area contributed by atoms with Gasteiger partial charge >= 0.3 is 0 Å². The van der Waals surface area contributed by atoms with E-state index in [0.717, 1.165) is 23.8 Å². The zero-order chi connectivity index (χ0) is 21.0. The first-order valence-electron chi connectivity index (χ1n) is 11.2. The normalized spacial score (nSPS) is 33.2. The highest BCUT2D eigenvalue weighted by molar-refractivity contribution is 6.30. The average molecular weight is 464 g/mol. The summed E-state index contributed by atoms with van der Waals surface area (Å²) in [5, 5.41) is 4.66. The summed E-state index contributed by atoms with van der Waals surface area (Å²) < 4.78 is 20.0. The molecule has 0 saturated heterocycles. The van der Waals surface area contributed by atoms with Gasteiger partial charge in [0.25, 0.3) is 0 Å². The van der Waals surface area contributed by atoms with E-state index < -0.39 is 0 Å². The fourth-order valence-electron chi connectivity index (χ4n) is 7.53. The molecule has 1 N–H and O–H groups in total. The van der Waals surface area contributed by atoms with Crippen molar-refractivity contribution >= 4 is 24.0 Å². The molecule has 0 aromatic heterocycles. The first kappa shape index (κ1) is 22.9. The molecule has 2 aromatic rings. The fraction of sp³-hybridized carbons (Fsp3) is 0.538. The van der Waals surface area contributed by atoms with Crippen molar-refractivity contribution in [2.24, 2.45) is 16.7 Å². The van der Waals surface area contributed by atoms with Gasteiger partial charge in [-0.1, -0.05) is 43.6 Å². The molecule has 4 fully saturated rings. The third-order valence-corrected chi connectivity index (χ3v) is 7.88. The lowest BCUT2D eigenvalue weighted by Gasteiger charge is -2.65. The first-order chi connectivity index (χ1) is 14.3. The van der Waals surface area contributed by atoms with Crippen LogP contribution in [-0.2, 0) is 13.2 Å². The molecule has 6 rings (SSSR count). The van der Waals surface area contributed by atoms with Crippen molar-refractivity contribution in [1.82, 2.24) is 5.32 Å². The lowest BCUT2D eigenvalue weighted by atomic mass is 9.43. The van der Waals surface area contributed by atoms with Crippen LogP contribution in [0.25, 0.3) is 0 Å². The second-order valence-corrected chi connectivity index (χ2v) is 11.3. The summed E-state index contributed by atoms with van der Waals surface area (Å²) in [6.07, 6.45) is 7.95. The predicted octanol–water partition coefficient (Wildman–Crippen LogP) is 7.32. The molecular weight excluding hydrogens is 432 g/mol. The van der Waals surface area contributed by atoms with E-state index in [1.54, 1.807) is 12.1 Å². The van der Waals surface area contributed by atoms with Gasteiger partial charge in [0.1, 0.15) is 18.2 Å². The monoisotopic (exact) mass is 463 g/mol. The van der Waals surface area contributed by atoms with Gasteiger partial charge in [0.05, 0.1) is 0 Å². The Morgan fingerprint density at radius 2 is 1.71 bits per heavy atom. The maximum Gasteiger partial charge on any atom is 0.129 e. The standard InChI is InChI=1S/C26H31ClFNO.ClH/c1-24-10-18-11-25(2,15-24)17-26(12-18,16-24)29-13-20-9-21(27)7-8-23(20)30-14-19-5-3-4-6-22(19)28;/h3-9,18,29H,10-17H2,1-2H3;1H. The van der Waals surface area contributed by atoms with Crippen molar-refractivity contribution in [3.05, 3.63) is 64.4 Å². The van der Waals surface area contributed by atoms with Gasteiger partial charge < -0.3 is 10.1 Å². The fourth-order valence-corrected chi connectivity index (χ4v) is 7.72. The molecule has 4 aliphatic rings. The summed E-state index contributed by atoms with van der Waals surface area (Å²) >= 11 is 6.31. The predicted molar refractivity (Wildman–Crippen MR) is 126 cm³/mol. The first-order valence-corrected chi connectivity index (χ1v) is 11.5. The number of hydrogen-bond donors (Lipinski definition) is 1. The Morgan fingerprint density at radius 3 is 2.39 bits per heavy atom. The molecule has 0 spiro atoms. The smallest absolute Gasteiger partial charge is 0.129 e. The highest BCUT2D eigenvalue weighted by atomic mass is 35.5. The van der Waals surface area contributed by atoms with Crippen LogP contribution >= 0.6 is 24.0 Å². The van der Waals surface area contributed by atoms with E-state index in [0.29, 0.717) is 21.4 Å². The maximum atomic E-state index is 14.0. The van der Waals surface area contributed by atoms with Crippen molar-refractivity contribution in [1.29, 1.82) is 0 Å². The quantitative estimate of drug-likeness (QED) is 0.484. The van der Waals surface area contributed by atoms with Crippen LogP contribution in [0.4, 0.5) is 4.39 Å². The number of halogens is 3. The molecule has 0 heterocycles. The van der Waals surface area contributed by atoms with E-state index in [1.165, 1.54) is 44.6 Å². The highest BCUT2D eigenvalue weighted by Gasteiger charge is 2.59. The van der Waals surface area contributed by atoms with Crippen molar-refractivity contribution in [2.75, 3.05) is 0 Å². The van der Waals surface area contributed by atoms with Crippen LogP contribution < -0.4 is 10.1 Å². The summed E-state index contributed by atoms with van der Waals surface area (Å²) in [6, 6.07) is 12.5. The minimum absolute atomic E-state index is 0. The Labute approximate surface area is 196 Å². The van der Waals surface area contributed by atoms with Crippen LogP contribution in [0.3, 0.4) is 0 Å². The maximum absolute atomic E-state index is 14.0. The number of ether oxygens (including phenoxy) is 1. The average Bonchev–Trinajstić information content (AvgIpc) is 2.64. The Hall–Kier alpha value is -1.29. The molecule has 4 bridgehead atoms. The molecule has 2 unspecified atom stereocenters. The van der Waals surface area contributed by atoms with Gasteiger partial charge in [0, 0.05) is 28.2 Å². The van der Waals surface area contributed by atoms with Gasteiger partial charge in [-0.2, -0.15) is 0 Å². The molecule has 4 saturated carbocycles. The van der Waals surface area contributed by atoms with Crippen LogP contribution in [0.1, 0.15) is 63.5 Å². The van der Waals surface area contributed by atoms with E-state index in [4.69, 9.17) is 16.3 Å². The molecule has 0 radical (unpaired) electrons. The number of nitrogens with one attached hydrogen (secondary N) is 1. The molecule has 0 amide bonds. The molecule has 2 atom stereocenters. The Kier molecular flexibility index (Phi) is 6.09. The molecule has 4 aliphatic carbocycles. The molecule has 168 valence electrons. The number of hydrogen-bond acceptors (Lipinski definition) is 2. The molecule has 0 aliphatic heterocycles. The second kappa shape index (κ2) is 8.24. The SMILES string of the molecule is CC12CC3CC(C)(C1)CC(NCc1cc(Cl)ccc1OCc1ccccc1F)(C3)C2.Cl. The Morgan fingerprint density at radius 1 is 1.00 bits per heavy atom. The van der Waals surface area contributed by atoms with Gasteiger partial charge in [-0.15, -0.1) is 12.4 Å². The Balaban J connectivity index is 0.00000231. The van der Waals surface area contributed by atoms with Crippen LogP contribution in [0.15, 0.2) is 42.5 Å².